The lowest BCUT2D eigenvalue weighted by atomic mass is 10.0. The lowest BCUT2D eigenvalue weighted by Crippen LogP contribution is -2.46. The molecule has 1 rings (SSSR count). The van der Waals surface area contributed by atoms with Crippen LogP contribution in [0.2, 0.25) is 0 Å². The monoisotopic (exact) mass is 212 g/mol. The van der Waals surface area contributed by atoms with Gasteiger partial charge in [0, 0.05) is 19.1 Å². The zero-order chi connectivity index (χ0) is 11.3. The Bertz CT molecular complexity index is 158. The fraction of sp³-hybridized carbons (Fsp3) is 1.00. The molecule has 0 spiro atoms. The predicted molar refractivity (Wildman–Crippen MR) is 67.1 cm³/mol. The summed E-state index contributed by atoms with van der Waals surface area (Å²) in [5, 5.41) is 3.55. The molecule has 15 heavy (non-hydrogen) atoms. The molecular formula is C13H28N2. The Hall–Kier alpha value is -0.0800. The zero-order valence-corrected chi connectivity index (χ0v) is 10.9. The third-order valence-corrected chi connectivity index (χ3v) is 3.41. The standard InChI is InChI=1S/C13H28N2/c1-5-6-13(4)15-9-11(2)7-14-8-12(3)10-15/h11-14H,5-10H2,1-4H3. The van der Waals surface area contributed by atoms with E-state index >= 15 is 0 Å². The van der Waals surface area contributed by atoms with Crippen molar-refractivity contribution in [1.82, 2.24) is 10.2 Å². The molecule has 1 saturated heterocycles. The van der Waals surface area contributed by atoms with E-state index in [2.05, 4.69) is 37.9 Å². The molecule has 0 saturated carbocycles. The minimum absolute atomic E-state index is 0.762. The zero-order valence-electron chi connectivity index (χ0n) is 10.9. The summed E-state index contributed by atoms with van der Waals surface area (Å²) in [5.74, 6) is 1.58. The van der Waals surface area contributed by atoms with E-state index in [1.165, 1.54) is 39.0 Å². The van der Waals surface area contributed by atoms with Gasteiger partial charge in [0.1, 0.15) is 0 Å². The number of nitrogens with zero attached hydrogens (tertiary/aromatic N) is 1. The number of hydrogen-bond acceptors (Lipinski definition) is 2. The first-order chi connectivity index (χ1) is 7.13. The summed E-state index contributed by atoms with van der Waals surface area (Å²) >= 11 is 0. The Labute approximate surface area is 95.4 Å². The lowest BCUT2D eigenvalue weighted by molar-refractivity contribution is 0.135. The van der Waals surface area contributed by atoms with Crippen LogP contribution in [0.25, 0.3) is 0 Å². The molecule has 3 unspecified atom stereocenters. The predicted octanol–water partition coefficient (Wildman–Crippen LogP) is 2.35. The molecule has 1 N–H and O–H groups in total. The first-order valence-electron chi connectivity index (χ1n) is 6.58. The van der Waals surface area contributed by atoms with Crippen LogP contribution in [0.3, 0.4) is 0 Å². The highest BCUT2D eigenvalue weighted by molar-refractivity contribution is 4.76. The van der Waals surface area contributed by atoms with Crippen LogP contribution in [-0.4, -0.2) is 37.1 Å². The summed E-state index contributed by atoms with van der Waals surface area (Å²) in [7, 11) is 0. The van der Waals surface area contributed by atoms with Gasteiger partial charge < -0.3 is 10.2 Å². The molecule has 0 aromatic carbocycles. The van der Waals surface area contributed by atoms with Crippen molar-refractivity contribution in [3.63, 3.8) is 0 Å². The van der Waals surface area contributed by atoms with Gasteiger partial charge in [0.2, 0.25) is 0 Å². The SMILES string of the molecule is CCCC(C)N1CC(C)CNCC(C)C1. The minimum atomic E-state index is 0.762. The van der Waals surface area contributed by atoms with Crippen LogP contribution >= 0.6 is 0 Å². The van der Waals surface area contributed by atoms with Gasteiger partial charge in [0.25, 0.3) is 0 Å². The van der Waals surface area contributed by atoms with Crippen LogP contribution in [0, 0.1) is 11.8 Å². The molecule has 0 aromatic heterocycles. The molecule has 0 bridgehead atoms. The van der Waals surface area contributed by atoms with E-state index in [1.54, 1.807) is 0 Å². The molecule has 0 radical (unpaired) electrons. The van der Waals surface area contributed by atoms with Crippen molar-refractivity contribution in [1.29, 1.82) is 0 Å². The number of hydrogen-bond donors (Lipinski definition) is 1. The average Bonchev–Trinajstić information content (AvgIpc) is 2.14. The van der Waals surface area contributed by atoms with Crippen molar-refractivity contribution in [2.45, 2.75) is 46.6 Å². The smallest absolute Gasteiger partial charge is 0.00670 e. The quantitative estimate of drug-likeness (QED) is 0.772. The minimum Gasteiger partial charge on any atom is -0.316 e. The second-order valence-corrected chi connectivity index (χ2v) is 5.46. The maximum Gasteiger partial charge on any atom is 0.00670 e. The molecular weight excluding hydrogens is 184 g/mol. The van der Waals surface area contributed by atoms with Gasteiger partial charge in [0.15, 0.2) is 0 Å². The molecule has 2 heteroatoms. The summed E-state index contributed by atoms with van der Waals surface area (Å²) < 4.78 is 0. The van der Waals surface area contributed by atoms with E-state index in [-0.39, 0.29) is 0 Å². The first-order valence-corrected chi connectivity index (χ1v) is 6.58. The molecule has 2 nitrogen and oxygen atoms in total. The Balaban J connectivity index is 2.49. The first kappa shape index (κ1) is 13.0. The van der Waals surface area contributed by atoms with E-state index in [0.29, 0.717) is 0 Å². The van der Waals surface area contributed by atoms with E-state index in [4.69, 9.17) is 0 Å². The second-order valence-electron chi connectivity index (χ2n) is 5.46. The Kier molecular flexibility index (Phi) is 5.62. The van der Waals surface area contributed by atoms with Gasteiger partial charge in [-0.15, -0.1) is 0 Å². The Morgan fingerprint density at radius 3 is 2.20 bits per heavy atom. The molecule has 1 heterocycles. The van der Waals surface area contributed by atoms with Gasteiger partial charge >= 0.3 is 0 Å². The van der Waals surface area contributed by atoms with Gasteiger partial charge in [-0.2, -0.15) is 0 Å². The maximum atomic E-state index is 3.55. The van der Waals surface area contributed by atoms with E-state index < -0.39 is 0 Å². The highest BCUT2D eigenvalue weighted by Crippen LogP contribution is 2.14. The van der Waals surface area contributed by atoms with Crippen molar-refractivity contribution in [3.05, 3.63) is 0 Å². The topological polar surface area (TPSA) is 15.3 Å². The van der Waals surface area contributed by atoms with Gasteiger partial charge in [0.05, 0.1) is 0 Å². The van der Waals surface area contributed by atoms with Crippen molar-refractivity contribution in [2.24, 2.45) is 11.8 Å². The average molecular weight is 212 g/mol. The van der Waals surface area contributed by atoms with Crippen LogP contribution in [0.5, 0.6) is 0 Å². The van der Waals surface area contributed by atoms with Gasteiger partial charge in [-0.1, -0.05) is 27.2 Å². The van der Waals surface area contributed by atoms with Crippen molar-refractivity contribution in [2.75, 3.05) is 26.2 Å². The van der Waals surface area contributed by atoms with Crippen LogP contribution in [0.1, 0.15) is 40.5 Å². The second kappa shape index (κ2) is 6.49. The van der Waals surface area contributed by atoms with Crippen LogP contribution in [0.4, 0.5) is 0 Å². The van der Waals surface area contributed by atoms with Gasteiger partial charge in [-0.05, 0) is 38.3 Å². The summed E-state index contributed by atoms with van der Waals surface area (Å²) in [6.45, 7) is 14.3. The van der Waals surface area contributed by atoms with Gasteiger partial charge in [-0.3, -0.25) is 0 Å². The normalized spacial score (nSPS) is 32.0. The molecule has 3 atom stereocenters. The Morgan fingerprint density at radius 2 is 1.73 bits per heavy atom. The fourth-order valence-electron chi connectivity index (χ4n) is 2.54. The fourth-order valence-corrected chi connectivity index (χ4v) is 2.54. The molecule has 0 aliphatic carbocycles. The molecule has 1 aliphatic heterocycles. The summed E-state index contributed by atoms with van der Waals surface area (Å²) in [5.41, 5.74) is 0. The largest absolute Gasteiger partial charge is 0.316 e. The van der Waals surface area contributed by atoms with Gasteiger partial charge in [-0.25, -0.2) is 0 Å². The van der Waals surface area contributed by atoms with E-state index in [9.17, 15) is 0 Å². The molecule has 0 amide bonds. The highest BCUT2D eigenvalue weighted by Gasteiger charge is 2.20. The molecule has 1 aliphatic rings. The van der Waals surface area contributed by atoms with Crippen molar-refractivity contribution in [3.8, 4) is 0 Å². The summed E-state index contributed by atoms with van der Waals surface area (Å²) in [6.07, 6.45) is 2.64. The van der Waals surface area contributed by atoms with Crippen molar-refractivity contribution >= 4 is 0 Å². The number of nitrogens with one attached hydrogen (secondary N) is 1. The third-order valence-electron chi connectivity index (χ3n) is 3.41. The van der Waals surface area contributed by atoms with Crippen LogP contribution in [0.15, 0.2) is 0 Å². The van der Waals surface area contributed by atoms with Crippen molar-refractivity contribution < 1.29 is 0 Å². The lowest BCUT2D eigenvalue weighted by Gasteiger charge is -2.36. The molecule has 0 aromatic rings. The maximum absolute atomic E-state index is 3.55. The van der Waals surface area contributed by atoms with E-state index in [0.717, 1.165) is 17.9 Å². The highest BCUT2D eigenvalue weighted by atomic mass is 15.2. The number of rotatable bonds is 3. The molecule has 1 fully saturated rings. The van der Waals surface area contributed by atoms with Crippen LogP contribution in [-0.2, 0) is 0 Å². The van der Waals surface area contributed by atoms with E-state index in [1.807, 2.05) is 0 Å². The summed E-state index contributed by atoms with van der Waals surface area (Å²) in [6, 6.07) is 0.762. The third kappa shape index (κ3) is 4.52. The molecule has 90 valence electrons. The Morgan fingerprint density at radius 1 is 1.20 bits per heavy atom. The van der Waals surface area contributed by atoms with Crippen LogP contribution < -0.4 is 5.32 Å². The summed E-state index contributed by atoms with van der Waals surface area (Å²) in [4.78, 5) is 2.69.